The molecule has 0 spiro atoms. The average Bonchev–Trinajstić information content (AvgIpc) is 2.68. The van der Waals surface area contributed by atoms with Crippen LogP contribution in [0.5, 0.6) is 5.75 Å². The predicted octanol–water partition coefficient (Wildman–Crippen LogP) is 3.93. The van der Waals surface area contributed by atoms with E-state index in [1.54, 1.807) is 18.2 Å². The van der Waals surface area contributed by atoms with Crippen LogP contribution in [0.3, 0.4) is 0 Å². The zero-order valence-corrected chi connectivity index (χ0v) is 14.7. The Morgan fingerprint density at radius 1 is 1.15 bits per heavy atom. The molecule has 8 heteroatoms. The number of fused-ring (bicyclic) bond motifs is 1. The lowest BCUT2D eigenvalue weighted by molar-refractivity contribution is -0.384. The lowest BCUT2D eigenvalue weighted by atomic mass is 10.1. The highest BCUT2D eigenvalue weighted by Crippen LogP contribution is 2.31. The second-order valence-electron chi connectivity index (χ2n) is 5.53. The van der Waals surface area contributed by atoms with Gasteiger partial charge in [0.2, 0.25) is 0 Å². The van der Waals surface area contributed by atoms with Gasteiger partial charge in [-0.15, -0.1) is 0 Å². The zero-order valence-electron chi connectivity index (χ0n) is 14.0. The molecule has 0 aliphatic rings. The molecule has 0 aromatic heterocycles. The van der Waals surface area contributed by atoms with E-state index in [4.69, 9.17) is 16.3 Å². The lowest BCUT2D eigenvalue weighted by Crippen LogP contribution is -2.24. The van der Waals surface area contributed by atoms with Gasteiger partial charge in [0.1, 0.15) is 5.75 Å². The Kier molecular flexibility index (Phi) is 5.63. The number of carbonyl (C=O) groups is 1. The molecular weight excluding hydrogens is 370 g/mol. The summed E-state index contributed by atoms with van der Waals surface area (Å²) in [5.74, 6) is 0.0727. The minimum atomic E-state index is -0.500. The molecule has 136 valence electrons. The van der Waals surface area contributed by atoms with Gasteiger partial charge in [-0.05, 0) is 12.1 Å². The van der Waals surface area contributed by atoms with Crippen molar-refractivity contribution < 1.29 is 14.5 Å². The van der Waals surface area contributed by atoms with Gasteiger partial charge in [-0.3, -0.25) is 14.9 Å². The molecule has 0 aliphatic carbocycles. The minimum Gasteiger partial charge on any atom is -0.483 e. The van der Waals surface area contributed by atoms with E-state index in [1.165, 1.54) is 24.4 Å². The predicted molar refractivity (Wildman–Crippen MR) is 103 cm³/mol. The summed E-state index contributed by atoms with van der Waals surface area (Å²) in [4.78, 5) is 22.1. The number of hydrogen-bond donors (Lipinski definition) is 1. The molecule has 7 nitrogen and oxygen atoms in total. The molecule has 0 bridgehead atoms. The zero-order chi connectivity index (χ0) is 19.2. The van der Waals surface area contributed by atoms with Gasteiger partial charge in [0.05, 0.1) is 11.1 Å². The minimum absolute atomic E-state index is 0.0526. The molecule has 3 aromatic carbocycles. The van der Waals surface area contributed by atoms with Gasteiger partial charge in [0, 0.05) is 33.5 Å². The largest absolute Gasteiger partial charge is 0.483 e. The maximum absolute atomic E-state index is 11.9. The lowest BCUT2D eigenvalue weighted by Gasteiger charge is -2.09. The second-order valence-corrected chi connectivity index (χ2v) is 5.93. The van der Waals surface area contributed by atoms with E-state index >= 15 is 0 Å². The Hall–Kier alpha value is -3.45. The number of ether oxygens (including phenoxy) is 1. The van der Waals surface area contributed by atoms with E-state index < -0.39 is 10.8 Å². The van der Waals surface area contributed by atoms with Crippen molar-refractivity contribution in [3.05, 3.63) is 81.4 Å². The molecule has 0 aliphatic heterocycles. The number of nitro groups is 1. The number of nitrogens with one attached hydrogen (secondary N) is 1. The van der Waals surface area contributed by atoms with E-state index in [-0.39, 0.29) is 12.3 Å². The molecule has 0 atom stereocenters. The number of amides is 1. The molecule has 1 N–H and O–H groups in total. The number of halogens is 1. The first-order valence-electron chi connectivity index (χ1n) is 7.91. The van der Waals surface area contributed by atoms with Crippen LogP contribution in [0.4, 0.5) is 5.69 Å². The van der Waals surface area contributed by atoms with Crippen LogP contribution in [0.2, 0.25) is 5.02 Å². The number of non-ortho nitro benzene ring substituents is 1. The maximum Gasteiger partial charge on any atom is 0.277 e. The van der Waals surface area contributed by atoms with Crippen molar-refractivity contribution in [3.8, 4) is 5.75 Å². The number of carbonyl (C=O) groups excluding carboxylic acids is 1. The second kappa shape index (κ2) is 8.29. The van der Waals surface area contributed by atoms with Gasteiger partial charge in [-0.25, -0.2) is 5.43 Å². The summed E-state index contributed by atoms with van der Waals surface area (Å²) >= 11 is 6.15. The maximum atomic E-state index is 11.9. The number of benzene rings is 3. The third-order valence-electron chi connectivity index (χ3n) is 3.67. The topological polar surface area (TPSA) is 93.8 Å². The molecule has 27 heavy (non-hydrogen) atoms. The van der Waals surface area contributed by atoms with Crippen LogP contribution in [-0.2, 0) is 4.79 Å². The van der Waals surface area contributed by atoms with Crippen molar-refractivity contribution in [3.63, 3.8) is 0 Å². The normalized spacial score (nSPS) is 10.9. The highest BCUT2D eigenvalue weighted by atomic mass is 35.5. The van der Waals surface area contributed by atoms with Crippen LogP contribution in [0, 0.1) is 10.1 Å². The summed E-state index contributed by atoms with van der Waals surface area (Å²) in [5, 5.41) is 16.8. The van der Waals surface area contributed by atoms with Gasteiger partial charge >= 0.3 is 0 Å². The Balaban J connectivity index is 1.60. The van der Waals surface area contributed by atoms with Gasteiger partial charge in [-0.1, -0.05) is 48.0 Å². The summed E-state index contributed by atoms with van der Waals surface area (Å²) in [7, 11) is 0. The Morgan fingerprint density at radius 2 is 1.93 bits per heavy atom. The molecule has 0 saturated carbocycles. The first-order valence-corrected chi connectivity index (χ1v) is 8.29. The first-order chi connectivity index (χ1) is 13.0. The molecular formula is C19H14ClN3O4. The third kappa shape index (κ3) is 4.59. The summed E-state index contributed by atoms with van der Waals surface area (Å²) in [6.07, 6.45) is 1.32. The van der Waals surface area contributed by atoms with E-state index in [0.717, 1.165) is 10.8 Å². The third-order valence-corrected chi connectivity index (χ3v) is 4.00. The molecule has 1 amide bonds. The quantitative estimate of drug-likeness (QED) is 0.396. The highest BCUT2D eigenvalue weighted by molar-refractivity contribution is 6.35. The molecule has 0 fully saturated rings. The van der Waals surface area contributed by atoms with Crippen LogP contribution in [-0.4, -0.2) is 23.7 Å². The molecule has 3 rings (SSSR count). The summed E-state index contributed by atoms with van der Waals surface area (Å²) in [6, 6.07) is 16.8. The van der Waals surface area contributed by atoms with Gasteiger partial charge in [0.25, 0.3) is 11.6 Å². The summed E-state index contributed by atoms with van der Waals surface area (Å²) in [6.45, 7) is -0.238. The molecule has 0 unspecified atom stereocenters. The van der Waals surface area contributed by atoms with Crippen LogP contribution >= 0.6 is 11.6 Å². The van der Waals surface area contributed by atoms with Gasteiger partial charge in [0.15, 0.2) is 6.61 Å². The van der Waals surface area contributed by atoms with Crippen molar-refractivity contribution >= 4 is 40.2 Å². The van der Waals surface area contributed by atoms with Crippen molar-refractivity contribution in [2.75, 3.05) is 6.61 Å². The van der Waals surface area contributed by atoms with E-state index in [1.807, 2.05) is 24.3 Å². The number of nitro benzene ring substituents is 1. The fraction of sp³-hybridized carbons (Fsp3) is 0.0526. The summed E-state index contributed by atoms with van der Waals surface area (Å²) < 4.78 is 5.56. The van der Waals surface area contributed by atoms with E-state index in [0.29, 0.717) is 16.3 Å². The molecule has 0 saturated heterocycles. The molecule has 0 radical (unpaired) electrons. The Morgan fingerprint density at radius 3 is 2.70 bits per heavy atom. The number of rotatable bonds is 6. The number of hydrogen-bond acceptors (Lipinski definition) is 5. The van der Waals surface area contributed by atoms with Crippen molar-refractivity contribution in [2.45, 2.75) is 0 Å². The average molecular weight is 384 g/mol. The SMILES string of the molecule is O=C(COc1ccc(Cl)c2ccccc12)NN=Cc1cccc([N+](=O)[O-])c1. The van der Waals surface area contributed by atoms with Crippen LogP contribution in [0.1, 0.15) is 5.56 Å². The van der Waals surface area contributed by atoms with Gasteiger partial charge < -0.3 is 4.74 Å². The first kappa shape index (κ1) is 18.3. The summed E-state index contributed by atoms with van der Waals surface area (Å²) in [5.41, 5.74) is 2.76. The van der Waals surface area contributed by atoms with E-state index in [9.17, 15) is 14.9 Å². The van der Waals surface area contributed by atoms with Gasteiger partial charge in [-0.2, -0.15) is 5.10 Å². The van der Waals surface area contributed by atoms with Crippen molar-refractivity contribution in [2.24, 2.45) is 5.10 Å². The molecule has 0 heterocycles. The van der Waals surface area contributed by atoms with Crippen LogP contribution in [0.25, 0.3) is 10.8 Å². The highest BCUT2D eigenvalue weighted by Gasteiger charge is 2.08. The van der Waals surface area contributed by atoms with Crippen LogP contribution < -0.4 is 10.2 Å². The monoisotopic (exact) mass is 383 g/mol. The molecule has 3 aromatic rings. The van der Waals surface area contributed by atoms with Crippen LogP contribution in [0.15, 0.2) is 65.8 Å². The standard InChI is InChI=1S/C19H14ClN3O4/c20-17-8-9-18(16-7-2-1-6-15(16)17)27-12-19(24)22-21-11-13-4-3-5-14(10-13)23(25)26/h1-11H,12H2,(H,22,24). The number of hydrazone groups is 1. The number of nitrogens with zero attached hydrogens (tertiary/aromatic N) is 2. The Bertz CT molecular complexity index is 1040. The smallest absolute Gasteiger partial charge is 0.277 e. The van der Waals surface area contributed by atoms with Crippen molar-refractivity contribution in [1.82, 2.24) is 5.43 Å². The van der Waals surface area contributed by atoms with E-state index in [2.05, 4.69) is 10.5 Å². The fourth-order valence-corrected chi connectivity index (χ4v) is 2.66. The van der Waals surface area contributed by atoms with Crippen molar-refractivity contribution in [1.29, 1.82) is 0 Å². The fourth-order valence-electron chi connectivity index (χ4n) is 2.43. The Labute approximate surface area is 159 Å².